The summed E-state index contributed by atoms with van der Waals surface area (Å²) in [5.41, 5.74) is 0.936. The van der Waals surface area contributed by atoms with Crippen LogP contribution in [0.1, 0.15) is 15.9 Å². The first-order chi connectivity index (χ1) is 21.0. The van der Waals surface area contributed by atoms with Crippen LogP contribution in [0.2, 0.25) is 10.0 Å². The molecule has 1 aromatic heterocycles. The number of nitrogens with one attached hydrogen (secondary N) is 2. The van der Waals surface area contributed by atoms with E-state index in [-0.39, 0.29) is 40.5 Å². The van der Waals surface area contributed by atoms with Gasteiger partial charge in [0.2, 0.25) is 0 Å². The fourth-order valence-electron chi connectivity index (χ4n) is 5.04. The summed E-state index contributed by atoms with van der Waals surface area (Å²) in [5.74, 6) is -0.962. The third-order valence-electron chi connectivity index (χ3n) is 7.50. The molecule has 3 aromatic carbocycles. The molecule has 13 heteroatoms. The largest absolute Gasteiger partial charge is 0.496 e. The second kappa shape index (κ2) is 12.9. The van der Waals surface area contributed by atoms with Crippen LogP contribution in [0.3, 0.4) is 0 Å². The van der Waals surface area contributed by atoms with Crippen LogP contribution < -0.4 is 26.6 Å². The van der Waals surface area contributed by atoms with Gasteiger partial charge in [0.25, 0.3) is 11.5 Å². The van der Waals surface area contributed by atoms with Gasteiger partial charge in [-0.15, -0.1) is 0 Å². The Kier molecular flexibility index (Phi) is 9.23. The molecule has 10 nitrogen and oxygen atoms in total. The minimum absolute atomic E-state index is 0.119. The molecule has 2 atom stereocenters. The third kappa shape index (κ3) is 6.01. The van der Waals surface area contributed by atoms with E-state index in [9.17, 15) is 19.5 Å². The number of ether oxygens (including phenoxy) is 2. The molecule has 4 aromatic rings. The summed E-state index contributed by atoms with van der Waals surface area (Å²) in [5, 5.41) is 16.2. The lowest BCUT2D eigenvalue weighted by molar-refractivity contribution is 0.102. The Bertz CT molecular complexity index is 1880. The van der Waals surface area contributed by atoms with Gasteiger partial charge in [0.05, 0.1) is 48.2 Å². The monoisotopic (exact) mass is 642 g/mol. The summed E-state index contributed by atoms with van der Waals surface area (Å²) in [6.45, 7) is 0.665. The van der Waals surface area contributed by atoms with Crippen molar-refractivity contribution in [3.05, 3.63) is 103 Å². The van der Waals surface area contributed by atoms with Crippen molar-refractivity contribution in [2.45, 2.75) is 18.7 Å². The number of methoxy groups -OCH3 is 1. The van der Waals surface area contributed by atoms with Gasteiger partial charge >= 0.3 is 5.69 Å². The number of hydrogen-bond acceptors (Lipinski definition) is 7. The Morgan fingerprint density at radius 3 is 2.43 bits per heavy atom. The van der Waals surface area contributed by atoms with Gasteiger partial charge in [0.1, 0.15) is 17.1 Å². The van der Waals surface area contributed by atoms with E-state index in [1.807, 2.05) is 0 Å². The van der Waals surface area contributed by atoms with Gasteiger partial charge < -0.3 is 29.8 Å². The zero-order valence-corrected chi connectivity index (χ0v) is 25.5. The Labute approximate surface area is 261 Å². The van der Waals surface area contributed by atoms with E-state index >= 15 is 4.39 Å². The van der Waals surface area contributed by atoms with Crippen LogP contribution >= 0.6 is 23.2 Å². The Morgan fingerprint density at radius 1 is 1.07 bits per heavy atom. The molecule has 2 heterocycles. The molecule has 230 valence electrons. The highest BCUT2D eigenvalue weighted by Crippen LogP contribution is 2.42. The maximum atomic E-state index is 15.4. The minimum atomic E-state index is -0.747. The van der Waals surface area contributed by atoms with Gasteiger partial charge in [-0.25, -0.2) is 9.18 Å². The van der Waals surface area contributed by atoms with Crippen molar-refractivity contribution in [2.24, 2.45) is 14.1 Å². The maximum absolute atomic E-state index is 15.4. The standard InChI is InChI=1S/C31H29Cl2FN4O6/c1-37-13-21(30(41)38(2)31(37)42)29(40)36-23-9-5-8-19(28(23)33)18-7-4-6-17(27(18)32)16-10-22(34)20(26(11-16)43-3)12-35-24-14-44-15-25(24)39/h4-11,13,24-25,35,39H,12,14-15H2,1-3H3,(H,36,40)/t24-,25-/m1/s1. The second-order valence-corrected chi connectivity index (χ2v) is 11.1. The van der Waals surface area contributed by atoms with E-state index in [1.165, 1.54) is 33.5 Å². The van der Waals surface area contributed by atoms with E-state index in [2.05, 4.69) is 10.6 Å². The number of aromatic nitrogens is 2. The lowest BCUT2D eigenvalue weighted by Gasteiger charge is -2.18. The van der Waals surface area contributed by atoms with Gasteiger partial charge in [0.15, 0.2) is 0 Å². The van der Waals surface area contributed by atoms with Crippen LogP contribution in [0.15, 0.2) is 64.3 Å². The molecule has 1 fully saturated rings. The van der Waals surface area contributed by atoms with Crippen LogP contribution in [-0.4, -0.2) is 52.6 Å². The molecule has 3 N–H and O–H groups in total. The lowest BCUT2D eigenvalue weighted by Crippen LogP contribution is -2.40. The summed E-state index contributed by atoms with van der Waals surface area (Å²) >= 11 is 13.6. The molecule has 1 aliphatic heterocycles. The van der Waals surface area contributed by atoms with Crippen LogP contribution in [0, 0.1) is 5.82 Å². The van der Waals surface area contributed by atoms with Crippen LogP contribution in [0.5, 0.6) is 5.75 Å². The molecular weight excluding hydrogens is 614 g/mol. The number of aliphatic hydroxyl groups excluding tert-OH is 1. The number of anilines is 1. The summed E-state index contributed by atoms with van der Waals surface area (Å²) in [7, 11) is 4.16. The average molecular weight is 643 g/mol. The number of nitrogens with zero attached hydrogens (tertiary/aromatic N) is 2. The zero-order valence-electron chi connectivity index (χ0n) is 24.0. The van der Waals surface area contributed by atoms with Crippen molar-refractivity contribution in [1.29, 1.82) is 0 Å². The van der Waals surface area contributed by atoms with Gasteiger partial charge in [-0.1, -0.05) is 53.5 Å². The maximum Gasteiger partial charge on any atom is 0.330 e. The van der Waals surface area contributed by atoms with E-state index in [4.69, 9.17) is 32.7 Å². The second-order valence-electron chi connectivity index (χ2n) is 10.3. The zero-order chi connectivity index (χ0) is 31.7. The third-order valence-corrected chi connectivity index (χ3v) is 8.32. The van der Waals surface area contributed by atoms with Gasteiger partial charge in [-0.2, -0.15) is 0 Å². The van der Waals surface area contributed by atoms with Crippen LogP contribution in [-0.2, 0) is 25.4 Å². The van der Waals surface area contributed by atoms with Crippen molar-refractivity contribution < 1.29 is 23.8 Å². The number of benzene rings is 3. The summed E-state index contributed by atoms with van der Waals surface area (Å²) in [6.07, 6.45) is 0.490. The highest BCUT2D eigenvalue weighted by atomic mass is 35.5. The van der Waals surface area contributed by atoms with E-state index in [0.29, 0.717) is 40.2 Å². The normalized spacial score (nSPS) is 16.2. The SMILES string of the molecule is COc1cc(-c2cccc(-c3cccc(NC(=O)c4cn(C)c(=O)n(C)c4=O)c3Cl)c2Cl)cc(F)c1CN[C@@H]1COC[C@H]1O. The topological polar surface area (TPSA) is 124 Å². The summed E-state index contributed by atoms with van der Waals surface area (Å²) in [4.78, 5) is 37.6. The van der Waals surface area contributed by atoms with E-state index < -0.39 is 29.1 Å². The number of carbonyl (C=O) groups is 1. The first-order valence-corrected chi connectivity index (χ1v) is 14.3. The number of aliphatic hydroxyl groups is 1. The smallest absolute Gasteiger partial charge is 0.330 e. The van der Waals surface area contributed by atoms with Crippen LogP contribution in [0.25, 0.3) is 22.3 Å². The average Bonchev–Trinajstić information content (AvgIpc) is 3.42. The molecule has 0 saturated carbocycles. The first-order valence-electron chi connectivity index (χ1n) is 13.5. The molecule has 0 bridgehead atoms. The number of halogens is 3. The molecule has 0 radical (unpaired) electrons. The Morgan fingerprint density at radius 2 is 1.75 bits per heavy atom. The molecule has 5 rings (SSSR count). The quantitative estimate of drug-likeness (QED) is 0.266. The highest BCUT2D eigenvalue weighted by molar-refractivity contribution is 6.39. The molecule has 0 unspecified atom stereocenters. The fraction of sp³-hybridized carbons (Fsp3) is 0.258. The molecule has 0 spiro atoms. The van der Waals surface area contributed by atoms with E-state index in [1.54, 1.807) is 42.5 Å². The molecule has 0 aliphatic carbocycles. The number of amides is 1. The lowest BCUT2D eigenvalue weighted by atomic mass is 9.97. The Balaban J connectivity index is 1.46. The number of hydrogen-bond donors (Lipinski definition) is 3. The molecule has 1 amide bonds. The van der Waals surface area contributed by atoms with Crippen LogP contribution in [0.4, 0.5) is 10.1 Å². The fourth-order valence-corrected chi connectivity index (χ4v) is 5.66. The van der Waals surface area contributed by atoms with Crippen molar-refractivity contribution in [3.8, 4) is 28.0 Å². The van der Waals surface area contributed by atoms with Crippen molar-refractivity contribution >= 4 is 34.8 Å². The van der Waals surface area contributed by atoms with Crippen molar-refractivity contribution in [1.82, 2.24) is 14.5 Å². The van der Waals surface area contributed by atoms with E-state index in [0.717, 1.165) is 9.13 Å². The first kappa shape index (κ1) is 31.4. The summed E-state index contributed by atoms with van der Waals surface area (Å²) in [6, 6.07) is 12.9. The molecule has 44 heavy (non-hydrogen) atoms. The van der Waals surface area contributed by atoms with Gasteiger partial charge in [0, 0.05) is 49.1 Å². The van der Waals surface area contributed by atoms with Gasteiger partial charge in [-0.05, 0) is 23.8 Å². The highest BCUT2D eigenvalue weighted by Gasteiger charge is 2.27. The predicted octanol–water partition coefficient (Wildman–Crippen LogP) is 3.97. The molecule has 1 saturated heterocycles. The van der Waals surface area contributed by atoms with Gasteiger partial charge in [-0.3, -0.25) is 14.2 Å². The number of aryl methyl sites for hydroxylation is 1. The number of carbonyl (C=O) groups excluding carboxylic acids is 1. The Hall–Kier alpha value is -4.00. The summed E-state index contributed by atoms with van der Waals surface area (Å²) < 4.78 is 28.2. The minimum Gasteiger partial charge on any atom is -0.496 e. The molecule has 1 aliphatic rings. The number of rotatable bonds is 8. The molecular formula is C31H29Cl2FN4O6. The van der Waals surface area contributed by atoms with Crippen molar-refractivity contribution in [2.75, 3.05) is 25.6 Å². The predicted molar refractivity (Wildman–Crippen MR) is 166 cm³/mol. The van der Waals surface area contributed by atoms with Crippen molar-refractivity contribution in [3.63, 3.8) is 0 Å².